The van der Waals surface area contributed by atoms with Crippen LogP contribution in [0.4, 0.5) is 5.13 Å². The molecule has 110 valence electrons. The molecule has 0 bridgehead atoms. The third kappa shape index (κ3) is 6.36. The van der Waals surface area contributed by atoms with Gasteiger partial charge in [0, 0.05) is 36.8 Å². The smallest absolute Gasteiger partial charge is 0.185 e. The molecule has 1 heterocycles. The van der Waals surface area contributed by atoms with Crippen molar-refractivity contribution in [2.24, 2.45) is 0 Å². The first-order valence-corrected chi connectivity index (χ1v) is 7.92. The minimum Gasteiger partial charge on any atom is -0.348 e. The predicted octanol–water partition coefficient (Wildman–Crippen LogP) is 2.42. The summed E-state index contributed by atoms with van der Waals surface area (Å²) in [5.74, 6) is 0. The minimum atomic E-state index is 0.521. The van der Waals surface area contributed by atoms with Crippen LogP contribution in [0.1, 0.15) is 32.1 Å². The van der Waals surface area contributed by atoms with Gasteiger partial charge in [-0.3, -0.25) is 0 Å². The molecule has 1 aromatic heterocycles. The van der Waals surface area contributed by atoms with Crippen LogP contribution in [0.2, 0.25) is 0 Å². The highest BCUT2D eigenvalue weighted by atomic mass is 32.1. The van der Waals surface area contributed by atoms with Crippen LogP contribution in [0, 0.1) is 0 Å². The van der Waals surface area contributed by atoms with Crippen molar-refractivity contribution in [3.63, 3.8) is 0 Å². The molecule has 0 aromatic carbocycles. The van der Waals surface area contributed by atoms with Crippen molar-refractivity contribution in [2.75, 3.05) is 38.6 Å². The van der Waals surface area contributed by atoms with Gasteiger partial charge in [-0.05, 0) is 34.0 Å². The SMILES string of the molecule is CCN(CCCN(C)C)c1ncc(CNC(C)C)s1. The molecule has 0 amide bonds. The second-order valence-corrected chi connectivity index (χ2v) is 6.47. The molecule has 1 N–H and O–H groups in total. The fraction of sp³-hybridized carbons (Fsp3) is 0.786. The number of rotatable bonds is 9. The molecular weight excluding hydrogens is 256 g/mol. The van der Waals surface area contributed by atoms with E-state index >= 15 is 0 Å². The van der Waals surface area contributed by atoms with Gasteiger partial charge in [-0.25, -0.2) is 4.98 Å². The quantitative estimate of drug-likeness (QED) is 0.754. The van der Waals surface area contributed by atoms with Crippen molar-refractivity contribution < 1.29 is 0 Å². The van der Waals surface area contributed by atoms with E-state index in [0.717, 1.165) is 31.3 Å². The van der Waals surface area contributed by atoms with Gasteiger partial charge in [-0.15, -0.1) is 11.3 Å². The van der Waals surface area contributed by atoms with E-state index in [1.807, 2.05) is 6.20 Å². The Bertz CT molecular complexity index is 349. The normalized spacial score (nSPS) is 11.5. The highest BCUT2D eigenvalue weighted by molar-refractivity contribution is 7.15. The molecule has 0 atom stereocenters. The highest BCUT2D eigenvalue weighted by Crippen LogP contribution is 2.22. The number of thiazole rings is 1. The molecule has 1 aromatic rings. The van der Waals surface area contributed by atoms with E-state index in [1.54, 1.807) is 11.3 Å². The lowest BCUT2D eigenvalue weighted by Crippen LogP contribution is -2.26. The van der Waals surface area contributed by atoms with Gasteiger partial charge in [0.25, 0.3) is 0 Å². The van der Waals surface area contributed by atoms with Crippen LogP contribution < -0.4 is 10.2 Å². The molecule has 0 radical (unpaired) electrons. The van der Waals surface area contributed by atoms with E-state index in [2.05, 4.69) is 55.0 Å². The van der Waals surface area contributed by atoms with Gasteiger partial charge in [-0.1, -0.05) is 13.8 Å². The maximum absolute atomic E-state index is 4.55. The first kappa shape index (κ1) is 16.4. The van der Waals surface area contributed by atoms with Gasteiger partial charge in [0.15, 0.2) is 5.13 Å². The zero-order valence-electron chi connectivity index (χ0n) is 12.9. The van der Waals surface area contributed by atoms with Crippen molar-refractivity contribution in [1.82, 2.24) is 15.2 Å². The van der Waals surface area contributed by atoms with Gasteiger partial charge in [0.05, 0.1) is 0 Å². The van der Waals surface area contributed by atoms with Crippen LogP contribution >= 0.6 is 11.3 Å². The van der Waals surface area contributed by atoms with Crippen molar-refractivity contribution >= 4 is 16.5 Å². The Balaban J connectivity index is 2.47. The Morgan fingerprint density at radius 2 is 2.05 bits per heavy atom. The zero-order chi connectivity index (χ0) is 14.3. The van der Waals surface area contributed by atoms with Gasteiger partial charge in [0.2, 0.25) is 0 Å². The first-order valence-electron chi connectivity index (χ1n) is 7.10. The van der Waals surface area contributed by atoms with Crippen LogP contribution in [0.15, 0.2) is 6.20 Å². The van der Waals surface area contributed by atoms with E-state index < -0.39 is 0 Å². The van der Waals surface area contributed by atoms with E-state index in [0.29, 0.717) is 6.04 Å². The first-order chi connectivity index (χ1) is 9.02. The zero-order valence-corrected chi connectivity index (χ0v) is 13.8. The summed E-state index contributed by atoms with van der Waals surface area (Å²) in [6.45, 7) is 10.7. The largest absolute Gasteiger partial charge is 0.348 e. The van der Waals surface area contributed by atoms with Crippen LogP contribution in [-0.2, 0) is 6.54 Å². The molecule has 0 aliphatic rings. The molecule has 0 aliphatic carbocycles. The summed E-state index contributed by atoms with van der Waals surface area (Å²) in [6, 6.07) is 0.521. The molecule has 0 saturated heterocycles. The van der Waals surface area contributed by atoms with Crippen molar-refractivity contribution in [3.05, 3.63) is 11.1 Å². The summed E-state index contributed by atoms with van der Waals surface area (Å²) in [7, 11) is 4.24. The maximum atomic E-state index is 4.55. The fourth-order valence-corrected chi connectivity index (χ4v) is 2.75. The highest BCUT2D eigenvalue weighted by Gasteiger charge is 2.09. The van der Waals surface area contributed by atoms with Crippen LogP contribution in [-0.4, -0.2) is 49.7 Å². The average Bonchev–Trinajstić information content (AvgIpc) is 2.80. The third-order valence-electron chi connectivity index (χ3n) is 2.91. The predicted molar refractivity (Wildman–Crippen MR) is 85.1 cm³/mol. The molecule has 4 nitrogen and oxygen atoms in total. The topological polar surface area (TPSA) is 31.4 Å². The number of nitrogens with zero attached hydrogens (tertiary/aromatic N) is 3. The molecule has 0 aliphatic heterocycles. The summed E-state index contributed by atoms with van der Waals surface area (Å²) in [5, 5.41) is 4.59. The van der Waals surface area contributed by atoms with Gasteiger partial charge in [0.1, 0.15) is 0 Å². The molecule has 0 spiro atoms. The molecule has 1 rings (SSSR count). The lowest BCUT2D eigenvalue weighted by Gasteiger charge is -2.20. The van der Waals surface area contributed by atoms with E-state index in [1.165, 1.54) is 11.3 Å². The number of anilines is 1. The standard InChI is InChI=1S/C14H28N4S/c1-6-18(9-7-8-17(4)5)14-16-11-13(19-14)10-15-12(2)3/h11-12,15H,6-10H2,1-5H3. The number of hydrogen-bond donors (Lipinski definition) is 1. The number of aromatic nitrogens is 1. The number of hydrogen-bond acceptors (Lipinski definition) is 5. The molecular formula is C14H28N4S. The van der Waals surface area contributed by atoms with E-state index in [-0.39, 0.29) is 0 Å². The molecule has 0 saturated carbocycles. The lowest BCUT2D eigenvalue weighted by atomic mass is 10.4. The Morgan fingerprint density at radius 3 is 2.63 bits per heavy atom. The molecule has 0 fully saturated rings. The summed E-state index contributed by atoms with van der Waals surface area (Å²) in [5.41, 5.74) is 0. The summed E-state index contributed by atoms with van der Waals surface area (Å²) < 4.78 is 0. The fourth-order valence-electron chi connectivity index (χ4n) is 1.80. The van der Waals surface area contributed by atoms with Gasteiger partial charge >= 0.3 is 0 Å². The average molecular weight is 284 g/mol. The second-order valence-electron chi connectivity index (χ2n) is 5.38. The van der Waals surface area contributed by atoms with Gasteiger partial charge < -0.3 is 15.1 Å². The van der Waals surface area contributed by atoms with Crippen molar-refractivity contribution in [3.8, 4) is 0 Å². The Labute approximate surface area is 121 Å². The summed E-state index contributed by atoms with van der Waals surface area (Å²) >= 11 is 1.81. The lowest BCUT2D eigenvalue weighted by molar-refractivity contribution is 0.400. The monoisotopic (exact) mass is 284 g/mol. The van der Waals surface area contributed by atoms with Crippen LogP contribution in [0.25, 0.3) is 0 Å². The number of nitrogens with one attached hydrogen (secondary N) is 1. The van der Waals surface area contributed by atoms with E-state index in [9.17, 15) is 0 Å². The van der Waals surface area contributed by atoms with Crippen molar-refractivity contribution in [2.45, 2.75) is 39.8 Å². The molecule has 0 unspecified atom stereocenters. The molecule has 5 heteroatoms. The Morgan fingerprint density at radius 1 is 1.32 bits per heavy atom. The van der Waals surface area contributed by atoms with E-state index in [4.69, 9.17) is 0 Å². The summed E-state index contributed by atoms with van der Waals surface area (Å²) in [6.07, 6.45) is 3.18. The van der Waals surface area contributed by atoms with Gasteiger partial charge in [-0.2, -0.15) is 0 Å². The molecule has 19 heavy (non-hydrogen) atoms. The Kier molecular flexibility index (Phi) is 7.34. The second kappa shape index (κ2) is 8.51. The van der Waals surface area contributed by atoms with Crippen LogP contribution in [0.3, 0.4) is 0 Å². The maximum Gasteiger partial charge on any atom is 0.185 e. The van der Waals surface area contributed by atoms with Crippen LogP contribution in [0.5, 0.6) is 0 Å². The Hall–Kier alpha value is -0.650. The third-order valence-corrected chi connectivity index (χ3v) is 3.97. The summed E-state index contributed by atoms with van der Waals surface area (Å²) in [4.78, 5) is 10.5. The van der Waals surface area contributed by atoms with Crippen molar-refractivity contribution in [1.29, 1.82) is 0 Å². The minimum absolute atomic E-state index is 0.521.